The molecule has 0 aromatic carbocycles. The first-order chi connectivity index (χ1) is 6.88. The highest BCUT2D eigenvalue weighted by Crippen LogP contribution is 2.25. The van der Waals surface area contributed by atoms with Crippen LogP contribution < -0.4 is 11.1 Å². The Morgan fingerprint density at radius 3 is 2.47 bits per heavy atom. The third-order valence-corrected chi connectivity index (χ3v) is 2.98. The molecule has 1 aromatic heterocycles. The fraction of sp³-hybridized carbons (Fsp3) is 0.545. The number of nitrogens with two attached hydrogens (primary N) is 1. The van der Waals surface area contributed by atoms with Crippen molar-refractivity contribution in [1.82, 2.24) is 10.3 Å². The van der Waals surface area contributed by atoms with Crippen LogP contribution in [-0.2, 0) is 0 Å². The summed E-state index contributed by atoms with van der Waals surface area (Å²) in [4.78, 5) is 4.01. The van der Waals surface area contributed by atoms with Crippen LogP contribution in [0.1, 0.15) is 24.4 Å². The standard InChI is InChI=1S/C11H17N3.ClH/c12-11(9-1-5-13-6-2-9)10-3-7-14-8-4-10;/h1-2,5-6,10-11,14H,3-4,7-8,12H2;1H. The lowest BCUT2D eigenvalue weighted by Gasteiger charge is -2.28. The van der Waals surface area contributed by atoms with E-state index in [0.29, 0.717) is 5.92 Å². The number of piperidine rings is 1. The van der Waals surface area contributed by atoms with Crippen molar-refractivity contribution in [3.8, 4) is 0 Å². The summed E-state index contributed by atoms with van der Waals surface area (Å²) in [5.74, 6) is 0.624. The van der Waals surface area contributed by atoms with Crippen molar-refractivity contribution in [2.45, 2.75) is 18.9 Å². The number of pyridine rings is 1. The zero-order chi connectivity index (χ0) is 9.80. The van der Waals surface area contributed by atoms with E-state index < -0.39 is 0 Å². The molecule has 4 heteroatoms. The Hall–Kier alpha value is -0.640. The highest BCUT2D eigenvalue weighted by molar-refractivity contribution is 5.85. The van der Waals surface area contributed by atoms with Crippen LogP contribution in [0, 0.1) is 5.92 Å². The molecule has 0 aliphatic carbocycles. The Bertz CT molecular complexity index is 272. The average Bonchev–Trinajstić information content (AvgIpc) is 2.30. The molecule has 84 valence electrons. The van der Waals surface area contributed by atoms with Crippen molar-refractivity contribution in [2.24, 2.45) is 11.7 Å². The van der Waals surface area contributed by atoms with Crippen LogP contribution in [0.2, 0.25) is 0 Å². The van der Waals surface area contributed by atoms with E-state index in [2.05, 4.69) is 10.3 Å². The molecule has 0 radical (unpaired) electrons. The van der Waals surface area contributed by atoms with Gasteiger partial charge in [-0.25, -0.2) is 0 Å². The third kappa shape index (κ3) is 3.16. The van der Waals surface area contributed by atoms with E-state index in [4.69, 9.17) is 5.73 Å². The molecule has 1 saturated heterocycles. The van der Waals surface area contributed by atoms with Gasteiger partial charge in [0.1, 0.15) is 0 Å². The number of hydrogen-bond donors (Lipinski definition) is 2. The summed E-state index contributed by atoms with van der Waals surface area (Å²) < 4.78 is 0. The summed E-state index contributed by atoms with van der Waals surface area (Å²) >= 11 is 0. The van der Waals surface area contributed by atoms with Gasteiger partial charge in [0, 0.05) is 18.4 Å². The molecule has 2 heterocycles. The van der Waals surface area contributed by atoms with Crippen molar-refractivity contribution in [2.75, 3.05) is 13.1 Å². The molecule has 15 heavy (non-hydrogen) atoms. The summed E-state index contributed by atoms with van der Waals surface area (Å²) in [5.41, 5.74) is 7.43. The predicted octanol–water partition coefficient (Wildman–Crippen LogP) is 1.50. The molecule has 1 atom stereocenters. The summed E-state index contributed by atoms with van der Waals surface area (Å²) in [6, 6.07) is 4.22. The first kappa shape index (κ1) is 12.4. The summed E-state index contributed by atoms with van der Waals surface area (Å²) in [6.45, 7) is 2.20. The van der Waals surface area contributed by atoms with Gasteiger partial charge in [-0.15, -0.1) is 12.4 Å². The molecule has 0 spiro atoms. The van der Waals surface area contributed by atoms with Crippen LogP contribution in [-0.4, -0.2) is 18.1 Å². The van der Waals surface area contributed by atoms with Gasteiger partial charge < -0.3 is 11.1 Å². The smallest absolute Gasteiger partial charge is 0.0325 e. The Morgan fingerprint density at radius 2 is 1.87 bits per heavy atom. The van der Waals surface area contributed by atoms with Crippen molar-refractivity contribution >= 4 is 12.4 Å². The molecule has 0 amide bonds. The van der Waals surface area contributed by atoms with Gasteiger partial charge in [0.15, 0.2) is 0 Å². The summed E-state index contributed by atoms with van der Waals surface area (Å²) in [6.07, 6.45) is 6.00. The lowest BCUT2D eigenvalue weighted by Crippen LogP contribution is -2.33. The van der Waals surface area contributed by atoms with Gasteiger partial charge in [-0.3, -0.25) is 4.98 Å². The van der Waals surface area contributed by atoms with Crippen molar-refractivity contribution in [3.05, 3.63) is 30.1 Å². The lowest BCUT2D eigenvalue weighted by molar-refractivity contribution is 0.322. The first-order valence-corrected chi connectivity index (χ1v) is 5.24. The summed E-state index contributed by atoms with van der Waals surface area (Å²) in [5, 5.41) is 3.35. The fourth-order valence-corrected chi connectivity index (χ4v) is 2.06. The van der Waals surface area contributed by atoms with Gasteiger partial charge in [0.2, 0.25) is 0 Å². The Morgan fingerprint density at radius 1 is 1.27 bits per heavy atom. The van der Waals surface area contributed by atoms with E-state index in [9.17, 15) is 0 Å². The topological polar surface area (TPSA) is 50.9 Å². The van der Waals surface area contributed by atoms with Gasteiger partial charge in [0.05, 0.1) is 0 Å². The maximum absolute atomic E-state index is 6.21. The van der Waals surface area contributed by atoms with Crippen LogP contribution in [0.4, 0.5) is 0 Å². The number of rotatable bonds is 2. The van der Waals surface area contributed by atoms with E-state index >= 15 is 0 Å². The van der Waals surface area contributed by atoms with Crippen LogP contribution in [0.15, 0.2) is 24.5 Å². The summed E-state index contributed by atoms with van der Waals surface area (Å²) in [7, 11) is 0. The lowest BCUT2D eigenvalue weighted by atomic mass is 9.87. The maximum Gasteiger partial charge on any atom is 0.0325 e. The number of hydrogen-bond acceptors (Lipinski definition) is 3. The Kier molecular flexibility index (Phi) is 5.02. The molecule has 1 fully saturated rings. The molecule has 3 nitrogen and oxygen atoms in total. The average molecular weight is 228 g/mol. The van der Waals surface area contributed by atoms with Crippen LogP contribution in [0.5, 0.6) is 0 Å². The zero-order valence-electron chi connectivity index (χ0n) is 8.73. The molecular formula is C11H18ClN3. The van der Waals surface area contributed by atoms with E-state index in [-0.39, 0.29) is 18.4 Å². The quantitative estimate of drug-likeness (QED) is 0.805. The SMILES string of the molecule is Cl.NC(c1ccncc1)C1CCNCC1. The molecule has 0 bridgehead atoms. The highest BCUT2D eigenvalue weighted by atomic mass is 35.5. The highest BCUT2D eigenvalue weighted by Gasteiger charge is 2.21. The number of halogens is 1. The number of aromatic nitrogens is 1. The van der Waals surface area contributed by atoms with Gasteiger partial charge >= 0.3 is 0 Å². The first-order valence-electron chi connectivity index (χ1n) is 5.24. The molecule has 0 saturated carbocycles. The van der Waals surface area contributed by atoms with Crippen molar-refractivity contribution < 1.29 is 0 Å². The predicted molar refractivity (Wildman–Crippen MR) is 64.0 cm³/mol. The molecular weight excluding hydrogens is 210 g/mol. The van der Waals surface area contributed by atoms with E-state index in [1.54, 1.807) is 0 Å². The second kappa shape index (κ2) is 6.05. The van der Waals surface area contributed by atoms with E-state index in [1.807, 2.05) is 24.5 Å². The molecule has 1 aliphatic rings. The molecule has 2 rings (SSSR count). The van der Waals surface area contributed by atoms with Gasteiger partial charge in [-0.05, 0) is 49.5 Å². The normalized spacial score (nSPS) is 19.3. The second-order valence-corrected chi connectivity index (χ2v) is 3.89. The van der Waals surface area contributed by atoms with Gasteiger partial charge in [0.25, 0.3) is 0 Å². The minimum atomic E-state index is 0. The van der Waals surface area contributed by atoms with E-state index in [1.165, 1.54) is 18.4 Å². The minimum absolute atomic E-state index is 0. The van der Waals surface area contributed by atoms with Crippen LogP contribution >= 0.6 is 12.4 Å². The Labute approximate surface area is 96.9 Å². The van der Waals surface area contributed by atoms with Crippen molar-refractivity contribution in [1.29, 1.82) is 0 Å². The van der Waals surface area contributed by atoms with Crippen LogP contribution in [0.25, 0.3) is 0 Å². The Balaban J connectivity index is 0.00000112. The fourth-order valence-electron chi connectivity index (χ4n) is 2.06. The van der Waals surface area contributed by atoms with E-state index in [0.717, 1.165) is 13.1 Å². The van der Waals surface area contributed by atoms with Crippen LogP contribution in [0.3, 0.4) is 0 Å². The minimum Gasteiger partial charge on any atom is -0.324 e. The third-order valence-electron chi connectivity index (χ3n) is 2.98. The van der Waals surface area contributed by atoms with Crippen molar-refractivity contribution in [3.63, 3.8) is 0 Å². The second-order valence-electron chi connectivity index (χ2n) is 3.89. The van der Waals surface area contributed by atoms with Gasteiger partial charge in [-0.2, -0.15) is 0 Å². The monoisotopic (exact) mass is 227 g/mol. The molecule has 3 N–H and O–H groups in total. The zero-order valence-corrected chi connectivity index (χ0v) is 9.54. The molecule has 1 aliphatic heterocycles. The number of nitrogens with one attached hydrogen (secondary N) is 1. The van der Waals surface area contributed by atoms with Gasteiger partial charge in [-0.1, -0.05) is 0 Å². The maximum atomic E-state index is 6.21. The number of nitrogens with zero attached hydrogens (tertiary/aromatic N) is 1. The molecule has 1 aromatic rings. The molecule has 1 unspecified atom stereocenters. The largest absolute Gasteiger partial charge is 0.324 e.